The van der Waals surface area contributed by atoms with Crippen LogP contribution in [-0.4, -0.2) is 24.4 Å². The van der Waals surface area contributed by atoms with Gasteiger partial charge in [-0.25, -0.2) is 9.69 Å². The smallest absolute Gasteiger partial charge is 0.338 e. The lowest BCUT2D eigenvalue weighted by Crippen LogP contribution is -2.32. The third-order valence-electron chi connectivity index (χ3n) is 4.32. The van der Waals surface area contributed by atoms with Gasteiger partial charge in [-0.3, -0.25) is 9.59 Å². The summed E-state index contributed by atoms with van der Waals surface area (Å²) in [4.78, 5) is 38.2. The van der Waals surface area contributed by atoms with Gasteiger partial charge in [-0.2, -0.15) is 0 Å². The van der Waals surface area contributed by atoms with Gasteiger partial charge in [0, 0.05) is 5.69 Å². The molecule has 0 atom stereocenters. The molecule has 0 fully saturated rings. The number of esters is 1. The molecular formula is C21H19ClN2O4. The third-order valence-corrected chi connectivity index (χ3v) is 4.67. The van der Waals surface area contributed by atoms with Crippen LogP contribution in [0.4, 0.5) is 11.4 Å². The highest BCUT2D eigenvalue weighted by Gasteiger charge is 2.39. The number of carbonyl (C=O) groups excluding carboxylic acids is 3. The number of amides is 2. The Labute approximate surface area is 167 Å². The Hall–Kier alpha value is -3.12. The lowest BCUT2D eigenvalue weighted by Gasteiger charge is -2.16. The molecule has 2 aromatic rings. The van der Waals surface area contributed by atoms with Crippen LogP contribution < -0.4 is 10.2 Å². The molecule has 3 rings (SSSR count). The first-order valence-corrected chi connectivity index (χ1v) is 9.26. The number of halogens is 1. The number of ether oxygens (including phenoxy) is 1. The Morgan fingerprint density at radius 2 is 1.71 bits per heavy atom. The van der Waals surface area contributed by atoms with E-state index in [9.17, 15) is 14.4 Å². The molecule has 6 nitrogen and oxygen atoms in total. The summed E-state index contributed by atoms with van der Waals surface area (Å²) < 4.78 is 4.93. The summed E-state index contributed by atoms with van der Waals surface area (Å²) in [6.07, 6.45) is 0.759. The van der Waals surface area contributed by atoms with Gasteiger partial charge in [-0.15, -0.1) is 0 Å². The van der Waals surface area contributed by atoms with Crippen LogP contribution in [0.2, 0.25) is 0 Å². The van der Waals surface area contributed by atoms with Crippen molar-refractivity contribution in [2.24, 2.45) is 0 Å². The van der Waals surface area contributed by atoms with E-state index in [0.29, 0.717) is 11.3 Å². The standard InChI is InChI=1S/C21H19ClN2O4/c1-3-13-7-5-6-8-16(13)23-18-17(22)19(25)24(20(18)26)15-11-9-14(10-12-15)21(27)28-4-2/h5-12,23H,3-4H2,1-2H3. The number of hydrogen-bond acceptors (Lipinski definition) is 5. The number of para-hydroxylation sites is 1. The first kappa shape index (κ1) is 19.6. The van der Waals surface area contributed by atoms with Crippen molar-refractivity contribution < 1.29 is 19.1 Å². The van der Waals surface area contributed by atoms with E-state index in [1.165, 1.54) is 24.3 Å². The topological polar surface area (TPSA) is 75.7 Å². The maximum atomic E-state index is 12.9. The van der Waals surface area contributed by atoms with Crippen molar-refractivity contribution in [3.05, 3.63) is 70.4 Å². The van der Waals surface area contributed by atoms with Crippen LogP contribution in [0.15, 0.2) is 59.3 Å². The van der Waals surface area contributed by atoms with Gasteiger partial charge in [0.1, 0.15) is 10.7 Å². The minimum absolute atomic E-state index is 0.0297. The molecule has 0 saturated heterocycles. The van der Waals surface area contributed by atoms with Crippen LogP contribution in [0.5, 0.6) is 0 Å². The maximum absolute atomic E-state index is 12.9. The normalized spacial score (nSPS) is 13.9. The first-order chi connectivity index (χ1) is 13.5. The predicted octanol–water partition coefficient (Wildman–Crippen LogP) is 3.86. The van der Waals surface area contributed by atoms with Crippen molar-refractivity contribution in [1.82, 2.24) is 0 Å². The lowest BCUT2D eigenvalue weighted by atomic mass is 10.1. The molecule has 0 radical (unpaired) electrons. The van der Waals surface area contributed by atoms with Crippen molar-refractivity contribution in [2.75, 3.05) is 16.8 Å². The van der Waals surface area contributed by atoms with Crippen molar-refractivity contribution in [3.63, 3.8) is 0 Å². The van der Waals surface area contributed by atoms with Crippen molar-refractivity contribution in [1.29, 1.82) is 0 Å². The zero-order valence-electron chi connectivity index (χ0n) is 15.5. The number of nitrogens with zero attached hydrogens (tertiary/aromatic N) is 1. The molecule has 0 unspecified atom stereocenters. The van der Waals surface area contributed by atoms with E-state index in [-0.39, 0.29) is 17.3 Å². The van der Waals surface area contributed by atoms with Crippen molar-refractivity contribution in [3.8, 4) is 0 Å². The molecule has 2 aromatic carbocycles. The molecule has 144 valence electrons. The van der Waals surface area contributed by atoms with E-state index < -0.39 is 17.8 Å². The fraction of sp³-hybridized carbons (Fsp3) is 0.190. The van der Waals surface area contributed by atoms with Gasteiger partial charge >= 0.3 is 5.97 Å². The molecule has 28 heavy (non-hydrogen) atoms. The Kier molecular flexibility index (Phi) is 5.80. The third kappa shape index (κ3) is 3.64. The highest BCUT2D eigenvalue weighted by molar-refractivity contribution is 6.53. The highest BCUT2D eigenvalue weighted by atomic mass is 35.5. The number of carbonyl (C=O) groups is 3. The van der Waals surface area contributed by atoms with Crippen LogP contribution >= 0.6 is 11.6 Å². The second-order valence-corrected chi connectivity index (χ2v) is 6.42. The van der Waals surface area contributed by atoms with Gasteiger partial charge < -0.3 is 10.1 Å². The van der Waals surface area contributed by atoms with Crippen LogP contribution in [0.25, 0.3) is 0 Å². The fourth-order valence-electron chi connectivity index (χ4n) is 2.89. The van der Waals surface area contributed by atoms with Gasteiger partial charge in [-0.1, -0.05) is 36.7 Å². The van der Waals surface area contributed by atoms with Gasteiger partial charge in [0.15, 0.2) is 0 Å². The molecule has 7 heteroatoms. The molecule has 1 aliphatic rings. The molecule has 0 saturated carbocycles. The number of anilines is 2. The van der Waals surface area contributed by atoms with E-state index in [2.05, 4.69) is 5.32 Å². The van der Waals surface area contributed by atoms with E-state index in [1.54, 1.807) is 6.92 Å². The summed E-state index contributed by atoms with van der Waals surface area (Å²) in [7, 11) is 0. The molecule has 1 N–H and O–H groups in total. The van der Waals surface area contributed by atoms with Crippen LogP contribution in [0, 0.1) is 0 Å². The number of imide groups is 1. The Bertz CT molecular complexity index is 967. The molecule has 0 bridgehead atoms. The van der Waals surface area contributed by atoms with E-state index in [1.807, 2.05) is 31.2 Å². The van der Waals surface area contributed by atoms with Gasteiger partial charge in [-0.05, 0) is 49.2 Å². The summed E-state index contributed by atoms with van der Waals surface area (Å²) >= 11 is 6.17. The van der Waals surface area contributed by atoms with Crippen molar-refractivity contribution >= 4 is 40.8 Å². The van der Waals surface area contributed by atoms with Gasteiger partial charge in [0.25, 0.3) is 11.8 Å². The minimum Gasteiger partial charge on any atom is -0.462 e. The monoisotopic (exact) mass is 398 g/mol. The Balaban J connectivity index is 1.85. The molecule has 2 amide bonds. The number of hydrogen-bond donors (Lipinski definition) is 1. The lowest BCUT2D eigenvalue weighted by molar-refractivity contribution is -0.120. The van der Waals surface area contributed by atoms with Crippen LogP contribution in [-0.2, 0) is 20.7 Å². The zero-order chi connectivity index (χ0) is 20.3. The average molecular weight is 399 g/mol. The van der Waals surface area contributed by atoms with E-state index >= 15 is 0 Å². The second-order valence-electron chi connectivity index (χ2n) is 6.04. The molecular weight excluding hydrogens is 380 g/mol. The SMILES string of the molecule is CCOC(=O)c1ccc(N2C(=O)C(Cl)=C(Nc3ccccc3CC)C2=O)cc1. The van der Waals surface area contributed by atoms with E-state index in [0.717, 1.165) is 22.6 Å². The Morgan fingerprint density at radius 3 is 2.36 bits per heavy atom. The highest BCUT2D eigenvalue weighted by Crippen LogP contribution is 2.31. The van der Waals surface area contributed by atoms with Gasteiger partial charge in [0.05, 0.1) is 17.9 Å². The number of nitrogens with one attached hydrogen (secondary N) is 1. The predicted molar refractivity (Wildman–Crippen MR) is 107 cm³/mol. The largest absolute Gasteiger partial charge is 0.462 e. The second kappa shape index (κ2) is 8.27. The molecule has 0 aliphatic carbocycles. The number of aryl methyl sites for hydroxylation is 1. The number of rotatable bonds is 6. The van der Waals surface area contributed by atoms with Gasteiger partial charge in [0.2, 0.25) is 0 Å². The summed E-state index contributed by atoms with van der Waals surface area (Å²) in [6, 6.07) is 13.5. The summed E-state index contributed by atoms with van der Waals surface area (Å²) in [5.74, 6) is -1.64. The average Bonchev–Trinajstić information content (AvgIpc) is 2.92. The minimum atomic E-state index is -0.618. The molecule has 0 spiro atoms. The molecule has 1 aliphatic heterocycles. The molecule has 1 heterocycles. The van der Waals surface area contributed by atoms with Crippen LogP contribution in [0.1, 0.15) is 29.8 Å². The quantitative estimate of drug-likeness (QED) is 0.590. The maximum Gasteiger partial charge on any atom is 0.338 e. The fourth-order valence-corrected chi connectivity index (χ4v) is 3.10. The molecule has 0 aromatic heterocycles. The summed E-state index contributed by atoms with van der Waals surface area (Å²) in [6.45, 7) is 3.97. The van der Waals surface area contributed by atoms with Crippen LogP contribution in [0.3, 0.4) is 0 Å². The van der Waals surface area contributed by atoms with Crippen molar-refractivity contribution in [2.45, 2.75) is 20.3 Å². The summed E-state index contributed by atoms with van der Waals surface area (Å²) in [5, 5.41) is 2.82. The Morgan fingerprint density at radius 1 is 1.04 bits per heavy atom. The summed E-state index contributed by atoms with van der Waals surface area (Å²) in [5.41, 5.74) is 2.40. The first-order valence-electron chi connectivity index (χ1n) is 8.88. The zero-order valence-corrected chi connectivity index (χ0v) is 16.2. The number of benzene rings is 2. The van der Waals surface area contributed by atoms with E-state index in [4.69, 9.17) is 16.3 Å².